The molecule has 3 rings (SSSR count). The number of amides is 2. The quantitative estimate of drug-likeness (QED) is 0.287. The summed E-state index contributed by atoms with van der Waals surface area (Å²) < 4.78 is 109. The van der Waals surface area contributed by atoms with Crippen molar-refractivity contribution in [1.82, 2.24) is 15.3 Å². The molecule has 1 aromatic heterocycles. The van der Waals surface area contributed by atoms with Crippen molar-refractivity contribution >= 4 is 36.9 Å². The number of ether oxygens (including phenoxy) is 1. The summed E-state index contributed by atoms with van der Waals surface area (Å²) in [7, 11) is 1.15. The summed E-state index contributed by atoms with van der Waals surface area (Å²) in [5.41, 5.74) is -5.38. The van der Waals surface area contributed by atoms with E-state index in [0.717, 1.165) is 38.7 Å². The van der Waals surface area contributed by atoms with Crippen LogP contribution in [-0.4, -0.2) is 59.5 Å². The highest BCUT2D eigenvalue weighted by atomic mass is 35.5. The van der Waals surface area contributed by atoms with E-state index in [9.17, 15) is 44.7 Å². The second-order valence-corrected chi connectivity index (χ2v) is 9.27. The fourth-order valence-electron chi connectivity index (χ4n) is 4.00. The van der Waals surface area contributed by atoms with Gasteiger partial charge in [0, 0.05) is 42.5 Å². The van der Waals surface area contributed by atoms with Crippen LogP contribution in [0.4, 0.5) is 40.8 Å². The van der Waals surface area contributed by atoms with Gasteiger partial charge in [0.15, 0.2) is 7.85 Å². The van der Waals surface area contributed by atoms with Crippen molar-refractivity contribution in [3.05, 3.63) is 48.5 Å². The van der Waals surface area contributed by atoms with E-state index < -0.39 is 65.7 Å². The van der Waals surface area contributed by atoms with E-state index in [1.807, 2.05) is 0 Å². The second kappa shape index (κ2) is 11.1. The molecule has 2 aromatic rings. The highest BCUT2D eigenvalue weighted by Gasteiger charge is 2.61. The van der Waals surface area contributed by atoms with Crippen LogP contribution >= 0.6 is 11.6 Å². The van der Waals surface area contributed by atoms with Crippen molar-refractivity contribution in [3.8, 4) is 5.75 Å². The van der Waals surface area contributed by atoms with Crippen LogP contribution in [-0.2, 0) is 15.0 Å². The Kier molecular flexibility index (Phi) is 8.68. The number of benzene rings is 1. The van der Waals surface area contributed by atoms with Gasteiger partial charge in [0.25, 0.3) is 11.5 Å². The fraction of sp³-hybridized carbons (Fsp3) is 0.455. The number of anilines is 1. The Labute approximate surface area is 222 Å². The SMILES string of the molecule is B[C@](C(=O)NC1CCC(F)(F)CC1)(c1cncnc1)N(C(=O)[C@H](F)Cl)c1ccc(OC(F)(F)C(F)(F)F)cc1. The maximum absolute atomic E-state index is 14.2. The lowest BCUT2D eigenvalue weighted by molar-refractivity contribution is -0.360. The Hall–Kier alpha value is -3.17. The van der Waals surface area contributed by atoms with E-state index in [4.69, 9.17) is 11.6 Å². The van der Waals surface area contributed by atoms with Crippen LogP contribution in [0.15, 0.2) is 43.0 Å². The molecule has 2 atom stereocenters. The first-order valence-electron chi connectivity index (χ1n) is 11.3. The number of carbonyl (C=O) groups is 2. The molecule has 17 heteroatoms. The highest BCUT2D eigenvalue weighted by Crippen LogP contribution is 2.39. The van der Waals surface area contributed by atoms with Crippen molar-refractivity contribution in [2.75, 3.05) is 4.90 Å². The monoisotopic (exact) mass is 586 g/mol. The number of halogens is 9. The zero-order chi connectivity index (χ0) is 29.2. The van der Waals surface area contributed by atoms with Gasteiger partial charge in [-0.25, -0.2) is 23.1 Å². The molecule has 0 spiro atoms. The van der Waals surface area contributed by atoms with Crippen LogP contribution in [0.3, 0.4) is 0 Å². The minimum absolute atomic E-state index is 0.0850. The van der Waals surface area contributed by atoms with E-state index in [0.29, 0.717) is 17.0 Å². The molecule has 1 saturated carbocycles. The summed E-state index contributed by atoms with van der Waals surface area (Å²) in [6.07, 6.45) is -9.48. The molecule has 1 fully saturated rings. The third-order valence-corrected chi connectivity index (χ3v) is 6.33. The number of nitrogens with zero attached hydrogens (tertiary/aromatic N) is 3. The molecule has 212 valence electrons. The zero-order valence-electron chi connectivity index (χ0n) is 20.0. The maximum Gasteiger partial charge on any atom is 0.499 e. The maximum atomic E-state index is 14.2. The van der Waals surface area contributed by atoms with Gasteiger partial charge in [0.05, 0.1) is 0 Å². The molecule has 0 bridgehead atoms. The molecule has 0 unspecified atom stereocenters. The Bertz CT molecular complexity index is 1160. The summed E-state index contributed by atoms with van der Waals surface area (Å²) in [6.45, 7) is 0. The van der Waals surface area contributed by atoms with Crippen molar-refractivity contribution < 1.29 is 49.4 Å². The number of alkyl halides is 9. The number of carbonyl (C=O) groups excluding carboxylic acids is 2. The lowest BCUT2D eigenvalue weighted by Crippen LogP contribution is -2.62. The second-order valence-electron chi connectivity index (χ2n) is 8.89. The summed E-state index contributed by atoms with van der Waals surface area (Å²) >= 11 is 5.41. The molecule has 0 aliphatic heterocycles. The Morgan fingerprint density at radius 1 is 1.08 bits per heavy atom. The molecule has 1 heterocycles. The van der Waals surface area contributed by atoms with Gasteiger partial charge >= 0.3 is 12.3 Å². The average molecular weight is 587 g/mol. The van der Waals surface area contributed by atoms with Gasteiger partial charge in [-0.2, -0.15) is 22.0 Å². The normalized spacial score (nSPS) is 18.5. The first kappa shape index (κ1) is 30.4. The van der Waals surface area contributed by atoms with E-state index >= 15 is 0 Å². The molecular formula is C22H20BClF8N4O3. The number of rotatable bonds is 8. The molecule has 7 nitrogen and oxygen atoms in total. The van der Waals surface area contributed by atoms with Crippen LogP contribution in [0.25, 0.3) is 0 Å². The summed E-state index contributed by atoms with van der Waals surface area (Å²) in [5, 5.41) is 2.56. The van der Waals surface area contributed by atoms with Crippen LogP contribution in [0.5, 0.6) is 5.75 Å². The van der Waals surface area contributed by atoms with E-state index in [1.54, 1.807) is 0 Å². The van der Waals surface area contributed by atoms with E-state index in [1.165, 1.54) is 0 Å². The van der Waals surface area contributed by atoms with Crippen LogP contribution in [0.2, 0.25) is 0 Å². The standard InChI is InChI=1S/C22H20BClF8N4O3/c23-20(12-9-33-11-34-10-12,18(38)35-13-5-7-19(26,27)8-6-13)36(17(37)16(24)25)14-1-3-15(4-2-14)39-22(31,32)21(28,29)30/h1-4,9-11,13,16H,5-8,23H2,(H,35,38)/t16-,20+/m0/s1. The van der Waals surface area contributed by atoms with E-state index in [2.05, 4.69) is 20.0 Å². The molecule has 39 heavy (non-hydrogen) atoms. The fourth-order valence-corrected chi connectivity index (χ4v) is 4.09. The van der Waals surface area contributed by atoms with Gasteiger partial charge in [0.2, 0.25) is 11.8 Å². The van der Waals surface area contributed by atoms with Crippen molar-refractivity contribution in [3.63, 3.8) is 0 Å². The average Bonchev–Trinajstić information content (AvgIpc) is 2.85. The minimum Gasteiger partial charge on any atom is -0.426 e. The number of nitrogens with one attached hydrogen (secondary N) is 1. The molecular weight excluding hydrogens is 567 g/mol. The third kappa shape index (κ3) is 6.71. The predicted molar refractivity (Wildman–Crippen MR) is 124 cm³/mol. The van der Waals surface area contributed by atoms with E-state index in [-0.39, 0.29) is 24.1 Å². The van der Waals surface area contributed by atoms with Gasteiger partial charge in [-0.05, 0) is 37.1 Å². The van der Waals surface area contributed by atoms with Crippen LogP contribution in [0, 0.1) is 0 Å². The number of aromatic nitrogens is 2. The van der Waals surface area contributed by atoms with Gasteiger partial charge in [-0.15, -0.1) is 0 Å². The Morgan fingerprint density at radius 2 is 1.62 bits per heavy atom. The zero-order valence-corrected chi connectivity index (χ0v) is 20.7. The molecule has 1 N–H and O–H groups in total. The first-order valence-corrected chi connectivity index (χ1v) is 11.7. The van der Waals surface area contributed by atoms with Crippen molar-refractivity contribution in [2.24, 2.45) is 0 Å². The smallest absolute Gasteiger partial charge is 0.426 e. The summed E-state index contributed by atoms with van der Waals surface area (Å²) in [6, 6.07) is 2.19. The molecule has 2 amide bonds. The van der Waals surface area contributed by atoms with Gasteiger partial charge in [-0.1, -0.05) is 11.6 Å². The summed E-state index contributed by atoms with van der Waals surface area (Å²) in [5.74, 6) is -6.36. The third-order valence-electron chi connectivity index (χ3n) is 6.14. The molecule has 1 aliphatic rings. The van der Waals surface area contributed by atoms with Gasteiger partial charge < -0.3 is 10.1 Å². The predicted octanol–water partition coefficient (Wildman–Crippen LogP) is 4.06. The molecule has 0 radical (unpaired) electrons. The van der Waals surface area contributed by atoms with Crippen LogP contribution in [0.1, 0.15) is 31.2 Å². The number of hydrogen-bond acceptors (Lipinski definition) is 5. The largest absolute Gasteiger partial charge is 0.499 e. The lowest BCUT2D eigenvalue weighted by atomic mass is 9.69. The topological polar surface area (TPSA) is 84.4 Å². The molecule has 0 saturated heterocycles. The van der Waals surface area contributed by atoms with Crippen molar-refractivity contribution in [2.45, 2.75) is 61.0 Å². The van der Waals surface area contributed by atoms with Gasteiger partial charge in [-0.3, -0.25) is 14.5 Å². The number of hydrogen-bond donors (Lipinski definition) is 1. The first-order chi connectivity index (χ1) is 18.0. The van der Waals surface area contributed by atoms with Gasteiger partial charge in [0.1, 0.15) is 17.5 Å². The Morgan fingerprint density at radius 3 is 2.10 bits per heavy atom. The minimum atomic E-state index is -6.03. The molecule has 1 aliphatic carbocycles. The van der Waals surface area contributed by atoms with Crippen LogP contribution < -0.4 is 15.0 Å². The highest BCUT2D eigenvalue weighted by molar-refractivity contribution is 6.37. The Balaban J connectivity index is 2.03. The molecule has 1 aromatic carbocycles. The lowest BCUT2D eigenvalue weighted by Gasteiger charge is -2.42. The van der Waals surface area contributed by atoms with Crippen molar-refractivity contribution in [1.29, 1.82) is 0 Å². The summed E-state index contributed by atoms with van der Waals surface area (Å²) in [4.78, 5) is 34.8.